The van der Waals surface area contributed by atoms with E-state index in [1.54, 1.807) is 0 Å². The van der Waals surface area contributed by atoms with Crippen LogP contribution >= 0.6 is 0 Å². The van der Waals surface area contributed by atoms with E-state index in [2.05, 4.69) is 34.8 Å². The molecule has 32 heavy (non-hydrogen) atoms. The predicted molar refractivity (Wildman–Crippen MR) is 123 cm³/mol. The molecular formula is C25H19N3O4. The van der Waals surface area contributed by atoms with Gasteiger partial charge in [0.2, 0.25) is 0 Å². The predicted octanol–water partition coefficient (Wildman–Crippen LogP) is 5.09. The Labute approximate surface area is 184 Å². The van der Waals surface area contributed by atoms with Gasteiger partial charge >= 0.3 is 0 Å². The quantitative estimate of drug-likeness (QED) is 0.253. The van der Waals surface area contributed by atoms with Crippen LogP contribution in [0.15, 0.2) is 96.1 Å². The van der Waals surface area contributed by atoms with Crippen molar-refractivity contribution < 1.29 is 14.5 Å². The van der Waals surface area contributed by atoms with Gasteiger partial charge in [-0.3, -0.25) is 14.9 Å². The summed E-state index contributed by atoms with van der Waals surface area (Å²) in [6.45, 7) is 0.458. The van der Waals surface area contributed by atoms with Crippen LogP contribution in [0.1, 0.15) is 21.5 Å². The first-order valence-corrected chi connectivity index (χ1v) is 9.87. The van der Waals surface area contributed by atoms with Crippen LogP contribution in [0.3, 0.4) is 0 Å². The minimum Gasteiger partial charge on any atom is -0.489 e. The lowest BCUT2D eigenvalue weighted by molar-refractivity contribution is -0.384. The summed E-state index contributed by atoms with van der Waals surface area (Å²) < 4.78 is 5.92. The molecule has 7 heteroatoms. The summed E-state index contributed by atoms with van der Waals surface area (Å²) in [6.07, 6.45) is 1.51. The van der Waals surface area contributed by atoms with E-state index in [1.165, 1.54) is 41.3 Å². The minimum absolute atomic E-state index is 0.0761. The van der Waals surface area contributed by atoms with E-state index >= 15 is 0 Å². The third kappa shape index (κ3) is 4.96. The number of hydrogen-bond donors (Lipinski definition) is 1. The van der Waals surface area contributed by atoms with Gasteiger partial charge in [0.15, 0.2) is 0 Å². The average molecular weight is 425 g/mol. The number of benzene rings is 4. The molecule has 0 radical (unpaired) electrons. The van der Waals surface area contributed by atoms with Gasteiger partial charge in [0, 0.05) is 17.7 Å². The SMILES string of the molecule is O=C(NN=Cc1ccc(OCc2cccc3ccccc23)cc1)c1ccc([N+](=O)[O-])cc1. The normalized spacial score (nSPS) is 10.9. The first-order chi connectivity index (χ1) is 15.6. The van der Waals surface area contributed by atoms with Crippen LogP contribution in [0.4, 0.5) is 5.69 Å². The minimum atomic E-state index is -0.519. The summed E-state index contributed by atoms with van der Waals surface area (Å²) >= 11 is 0. The van der Waals surface area contributed by atoms with Crippen LogP contribution in [-0.4, -0.2) is 17.0 Å². The second-order valence-corrected chi connectivity index (χ2v) is 7.00. The standard InChI is InChI=1S/C25H19N3O4/c29-25(20-10-12-22(13-11-20)28(30)31)27-26-16-18-8-14-23(15-9-18)32-17-21-6-3-5-19-4-1-2-7-24(19)21/h1-16H,17H2,(H,27,29). The Hall–Kier alpha value is -4.52. The van der Waals surface area contributed by atoms with Crippen molar-refractivity contribution in [3.8, 4) is 5.75 Å². The molecule has 4 aromatic carbocycles. The van der Waals surface area contributed by atoms with Gasteiger partial charge in [-0.25, -0.2) is 5.43 Å². The summed E-state index contributed by atoms with van der Waals surface area (Å²) in [5.74, 6) is 0.274. The van der Waals surface area contributed by atoms with Crippen LogP contribution < -0.4 is 10.2 Å². The second kappa shape index (κ2) is 9.53. The topological polar surface area (TPSA) is 93.8 Å². The van der Waals surface area contributed by atoms with E-state index < -0.39 is 10.8 Å². The summed E-state index contributed by atoms with van der Waals surface area (Å²) in [6, 6.07) is 27.0. The zero-order chi connectivity index (χ0) is 22.3. The molecule has 0 bridgehead atoms. The van der Waals surface area contributed by atoms with Crippen LogP contribution in [0.5, 0.6) is 5.75 Å². The van der Waals surface area contributed by atoms with Crippen molar-refractivity contribution in [3.63, 3.8) is 0 Å². The molecular weight excluding hydrogens is 406 g/mol. The Morgan fingerprint density at radius 3 is 2.41 bits per heavy atom. The molecule has 0 heterocycles. The van der Waals surface area contributed by atoms with Crippen molar-refractivity contribution in [2.75, 3.05) is 0 Å². The first-order valence-electron chi connectivity index (χ1n) is 9.87. The maximum absolute atomic E-state index is 12.1. The molecule has 1 amide bonds. The van der Waals surface area contributed by atoms with Crippen molar-refractivity contribution in [1.29, 1.82) is 0 Å². The van der Waals surface area contributed by atoms with Crippen LogP contribution in [0, 0.1) is 10.1 Å². The van der Waals surface area contributed by atoms with Gasteiger partial charge in [-0.1, -0.05) is 42.5 Å². The number of nitro groups is 1. The van der Waals surface area contributed by atoms with Gasteiger partial charge in [0.1, 0.15) is 12.4 Å². The zero-order valence-electron chi connectivity index (χ0n) is 17.0. The number of hydrazone groups is 1. The van der Waals surface area contributed by atoms with Crippen molar-refractivity contribution >= 4 is 28.6 Å². The molecule has 0 aliphatic rings. The number of amides is 1. The Morgan fingerprint density at radius 2 is 1.66 bits per heavy atom. The summed E-state index contributed by atoms with van der Waals surface area (Å²) in [5, 5.41) is 17.0. The molecule has 0 fully saturated rings. The Balaban J connectivity index is 1.32. The van der Waals surface area contributed by atoms with E-state index in [0.29, 0.717) is 6.61 Å². The van der Waals surface area contributed by atoms with Gasteiger partial charge in [-0.2, -0.15) is 5.10 Å². The van der Waals surface area contributed by atoms with E-state index in [4.69, 9.17) is 4.74 Å². The highest BCUT2D eigenvalue weighted by molar-refractivity contribution is 5.95. The number of nitrogens with zero attached hydrogens (tertiary/aromatic N) is 2. The molecule has 7 nitrogen and oxygen atoms in total. The number of fused-ring (bicyclic) bond motifs is 1. The monoisotopic (exact) mass is 425 g/mol. The smallest absolute Gasteiger partial charge is 0.271 e. The van der Waals surface area contributed by atoms with Crippen LogP contribution in [0.25, 0.3) is 10.8 Å². The molecule has 0 spiro atoms. The van der Waals surface area contributed by atoms with Crippen molar-refractivity contribution in [1.82, 2.24) is 5.43 Å². The number of non-ortho nitro benzene ring substituents is 1. The molecule has 4 rings (SSSR count). The number of ether oxygens (including phenoxy) is 1. The zero-order valence-corrected chi connectivity index (χ0v) is 17.0. The lowest BCUT2D eigenvalue weighted by atomic mass is 10.1. The molecule has 0 saturated carbocycles. The highest BCUT2D eigenvalue weighted by atomic mass is 16.6. The summed E-state index contributed by atoms with van der Waals surface area (Å²) in [4.78, 5) is 22.2. The lowest BCUT2D eigenvalue weighted by Gasteiger charge is -2.09. The van der Waals surface area contributed by atoms with E-state index in [-0.39, 0.29) is 11.3 Å². The molecule has 0 saturated heterocycles. The number of carbonyl (C=O) groups excluding carboxylic acids is 1. The third-order valence-corrected chi connectivity index (χ3v) is 4.87. The average Bonchev–Trinajstić information content (AvgIpc) is 2.83. The number of hydrogen-bond acceptors (Lipinski definition) is 5. The fourth-order valence-corrected chi connectivity index (χ4v) is 3.19. The van der Waals surface area contributed by atoms with Gasteiger partial charge in [-0.15, -0.1) is 0 Å². The van der Waals surface area contributed by atoms with E-state index in [1.807, 2.05) is 42.5 Å². The maximum Gasteiger partial charge on any atom is 0.271 e. The molecule has 0 aromatic heterocycles. The number of rotatable bonds is 7. The first kappa shape index (κ1) is 20.7. The Bertz CT molecular complexity index is 1280. The lowest BCUT2D eigenvalue weighted by Crippen LogP contribution is -2.17. The maximum atomic E-state index is 12.1. The second-order valence-electron chi connectivity index (χ2n) is 7.00. The molecule has 0 unspecified atom stereocenters. The number of carbonyl (C=O) groups is 1. The fourth-order valence-electron chi connectivity index (χ4n) is 3.19. The highest BCUT2D eigenvalue weighted by Crippen LogP contribution is 2.21. The van der Waals surface area contributed by atoms with Crippen molar-refractivity contribution in [2.24, 2.45) is 5.10 Å². The summed E-state index contributed by atoms with van der Waals surface area (Å²) in [7, 11) is 0. The molecule has 1 N–H and O–H groups in total. The molecule has 158 valence electrons. The molecule has 0 aliphatic heterocycles. The molecule has 0 aliphatic carbocycles. The van der Waals surface area contributed by atoms with Gasteiger partial charge < -0.3 is 4.74 Å². The van der Waals surface area contributed by atoms with Crippen LogP contribution in [-0.2, 0) is 6.61 Å². The van der Waals surface area contributed by atoms with E-state index in [9.17, 15) is 14.9 Å². The summed E-state index contributed by atoms with van der Waals surface area (Å²) in [5.41, 5.74) is 4.51. The van der Waals surface area contributed by atoms with Gasteiger partial charge in [0.05, 0.1) is 11.1 Å². The Morgan fingerprint density at radius 1 is 0.938 bits per heavy atom. The highest BCUT2D eigenvalue weighted by Gasteiger charge is 2.08. The third-order valence-electron chi connectivity index (χ3n) is 4.87. The molecule has 4 aromatic rings. The van der Waals surface area contributed by atoms with Gasteiger partial charge in [-0.05, 0) is 58.3 Å². The number of nitrogens with one attached hydrogen (secondary N) is 1. The largest absolute Gasteiger partial charge is 0.489 e. The van der Waals surface area contributed by atoms with Crippen molar-refractivity contribution in [2.45, 2.75) is 6.61 Å². The van der Waals surface area contributed by atoms with E-state index in [0.717, 1.165) is 16.9 Å². The molecule has 0 atom stereocenters. The fraction of sp³-hybridized carbons (Fsp3) is 0.0400. The van der Waals surface area contributed by atoms with Crippen LogP contribution in [0.2, 0.25) is 0 Å². The number of nitro benzene ring substituents is 1. The Kier molecular flexibility index (Phi) is 6.17. The van der Waals surface area contributed by atoms with Crippen molar-refractivity contribution in [3.05, 3.63) is 118 Å². The van der Waals surface area contributed by atoms with Gasteiger partial charge in [0.25, 0.3) is 11.6 Å².